The highest BCUT2D eigenvalue weighted by Gasteiger charge is 2.06. The van der Waals surface area contributed by atoms with Crippen LogP contribution in [0.2, 0.25) is 0 Å². The predicted molar refractivity (Wildman–Crippen MR) is 83.0 cm³/mol. The van der Waals surface area contributed by atoms with Crippen LogP contribution in [0.15, 0.2) is 53.0 Å². The van der Waals surface area contributed by atoms with E-state index in [0.29, 0.717) is 11.3 Å². The van der Waals surface area contributed by atoms with E-state index in [4.69, 9.17) is 4.74 Å². The van der Waals surface area contributed by atoms with Gasteiger partial charge in [-0.15, -0.1) is 0 Å². The van der Waals surface area contributed by atoms with Gasteiger partial charge in [0.1, 0.15) is 5.75 Å². The van der Waals surface area contributed by atoms with Gasteiger partial charge in [-0.2, -0.15) is 0 Å². The maximum atomic E-state index is 11.9. The van der Waals surface area contributed by atoms with Gasteiger partial charge in [-0.3, -0.25) is 4.79 Å². The summed E-state index contributed by atoms with van der Waals surface area (Å²) in [6, 6.07) is 14.9. The lowest BCUT2D eigenvalue weighted by atomic mass is 10.1. The number of halogens is 2. The van der Waals surface area contributed by atoms with E-state index in [2.05, 4.69) is 31.9 Å². The van der Waals surface area contributed by atoms with E-state index in [0.717, 1.165) is 15.4 Å². The monoisotopic (exact) mass is 382 g/mol. The van der Waals surface area contributed by atoms with Gasteiger partial charge in [0.15, 0.2) is 12.4 Å². The fourth-order valence-corrected chi connectivity index (χ4v) is 2.18. The molecule has 0 heterocycles. The molecule has 0 aliphatic carbocycles. The molecule has 98 valence electrons. The molecule has 0 spiro atoms. The Morgan fingerprint density at radius 3 is 2.21 bits per heavy atom. The number of benzene rings is 2. The van der Waals surface area contributed by atoms with Crippen LogP contribution in [0.5, 0.6) is 5.75 Å². The summed E-state index contributed by atoms with van der Waals surface area (Å²) in [6.07, 6.45) is 0. The second-order valence-corrected chi connectivity index (χ2v) is 5.47. The largest absolute Gasteiger partial charge is 0.485 e. The minimum absolute atomic E-state index is 0.0240. The van der Waals surface area contributed by atoms with Gasteiger partial charge in [0.25, 0.3) is 0 Å². The third kappa shape index (κ3) is 4.18. The van der Waals surface area contributed by atoms with E-state index in [1.165, 1.54) is 0 Å². The maximum Gasteiger partial charge on any atom is 0.200 e. The van der Waals surface area contributed by atoms with Gasteiger partial charge < -0.3 is 4.74 Å². The number of carbonyl (C=O) groups excluding carboxylic acids is 1. The van der Waals surface area contributed by atoms with Crippen molar-refractivity contribution in [2.45, 2.75) is 5.33 Å². The van der Waals surface area contributed by atoms with E-state index in [-0.39, 0.29) is 12.4 Å². The molecule has 2 nitrogen and oxygen atoms in total. The number of hydrogen-bond acceptors (Lipinski definition) is 2. The van der Waals surface area contributed by atoms with Crippen molar-refractivity contribution in [1.82, 2.24) is 0 Å². The highest BCUT2D eigenvalue weighted by Crippen LogP contribution is 2.16. The summed E-state index contributed by atoms with van der Waals surface area (Å²) >= 11 is 6.72. The Morgan fingerprint density at radius 1 is 1.00 bits per heavy atom. The molecule has 2 aromatic carbocycles. The highest BCUT2D eigenvalue weighted by molar-refractivity contribution is 9.10. The van der Waals surface area contributed by atoms with Gasteiger partial charge in [0, 0.05) is 15.4 Å². The normalized spacial score (nSPS) is 10.2. The minimum Gasteiger partial charge on any atom is -0.485 e. The van der Waals surface area contributed by atoms with Crippen LogP contribution < -0.4 is 4.74 Å². The second kappa shape index (κ2) is 6.87. The van der Waals surface area contributed by atoms with Crippen molar-refractivity contribution in [1.29, 1.82) is 0 Å². The zero-order valence-electron chi connectivity index (χ0n) is 10.1. The number of Topliss-reactive ketones (excluding diaryl/α,β-unsaturated/α-hetero) is 1. The van der Waals surface area contributed by atoms with Gasteiger partial charge >= 0.3 is 0 Å². The van der Waals surface area contributed by atoms with Crippen molar-refractivity contribution in [3.63, 3.8) is 0 Å². The van der Waals surface area contributed by atoms with Gasteiger partial charge in [0.2, 0.25) is 0 Å². The molecular formula is C15H12Br2O2. The molecule has 2 aromatic rings. The van der Waals surface area contributed by atoms with Crippen molar-refractivity contribution in [2.24, 2.45) is 0 Å². The van der Waals surface area contributed by atoms with Crippen LogP contribution in [0.3, 0.4) is 0 Å². The summed E-state index contributed by atoms with van der Waals surface area (Å²) in [7, 11) is 0. The third-order valence-electron chi connectivity index (χ3n) is 2.61. The summed E-state index contributed by atoms with van der Waals surface area (Å²) in [6.45, 7) is 0.0509. The molecular weight excluding hydrogens is 372 g/mol. The molecule has 0 unspecified atom stereocenters. The fourth-order valence-electron chi connectivity index (χ4n) is 1.54. The zero-order valence-corrected chi connectivity index (χ0v) is 13.3. The molecule has 0 amide bonds. The Hall–Kier alpha value is -1.13. The van der Waals surface area contributed by atoms with Crippen molar-refractivity contribution < 1.29 is 9.53 Å². The Morgan fingerprint density at radius 2 is 1.63 bits per heavy atom. The van der Waals surface area contributed by atoms with Crippen LogP contribution in [-0.4, -0.2) is 12.4 Å². The molecule has 19 heavy (non-hydrogen) atoms. The number of hydrogen-bond donors (Lipinski definition) is 0. The van der Waals surface area contributed by atoms with Crippen LogP contribution in [0, 0.1) is 0 Å². The molecule has 0 saturated heterocycles. The maximum absolute atomic E-state index is 11.9. The molecule has 0 radical (unpaired) electrons. The van der Waals surface area contributed by atoms with Gasteiger partial charge in [0.05, 0.1) is 0 Å². The number of ether oxygens (including phenoxy) is 1. The van der Waals surface area contributed by atoms with Gasteiger partial charge in [-0.1, -0.05) is 56.1 Å². The van der Waals surface area contributed by atoms with Crippen LogP contribution >= 0.6 is 31.9 Å². The van der Waals surface area contributed by atoms with Crippen LogP contribution in [0.4, 0.5) is 0 Å². The molecule has 0 aromatic heterocycles. The summed E-state index contributed by atoms with van der Waals surface area (Å²) in [4.78, 5) is 11.9. The first-order valence-corrected chi connectivity index (χ1v) is 7.67. The minimum atomic E-state index is -0.0240. The topological polar surface area (TPSA) is 26.3 Å². The predicted octanol–water partition coefficient (Wildman–Crippen LogP) is 4.61. The van der Waals surface area contributed by atoms with E-state index in [1.54, 1.807) is 0 Å². The summed E-state index contributed by atoms with van der Waals surface area (Å²) in [5.74, 6) is 0.665. The van der Waals surface area contributed by atoms with Crippen molar-refractivity contribution >= 4 is 37.6 Å². The molecule has 2 rings (SSSR count). The fraction of sp³-hybridized carbons (Fsp3) is 0.133. The standard InChI is InChI=1S/C15H12Br2O2/c16-9-11-1-3-12(4-2-11)15(18)10-19-14-7-5-13(17)6-8-14/h1-8H,9-10H2. The Kier molecular flexibility index (Phi) is 5.16. The van der Waals surface area contributed by atoms with Crippen molar-refractivity contribution in [3.05, 3.63) is 64.1 Å². The first kappa shape index (κ1) is 14.3. The molecule has 0 bridgehead atoms. The summed E-state index contributed by atoms with van der Waals surface area (Å²) < 4.78 is 6.44. The van der Waals surface area contributed by atoms with Gasteiger partial charge in [-0.05, 0) is 29.8 Å². The smallest absolute Gasteiger partial charge is 0.200 e. The van der Waals surface area contributed by atoms with E-state index in [9.17, 15) is 4.79 Å². The molecule has 0 saturated carbocycles. The lowest BCUT2D eigenvalue weighted by Gasteiger charge is -2.06. The first-order valence-electron chi connectivity index (χ1n) is 5.75. The van der Waals surface area contributed by atoms with E-state index < -0.39 is 0 Å². The molecule has 0 aliphatic heterocycles. The van der Waals surface area contributed by atoms with Gasteiger partial charge in [-0.25, -0.2) is 0 Å². The van der Waals surface area contributed by atoms with E-state index in [1.807, 2.05) is 48.5 Å². The summed E-state index contributed by atoms with van der Waals surface area (Å²) in [5, 5.41) is 0.789. The number of alkyl halides is 1. The number of ketones is 1. The van der Waals surface area contributed by atoms with Crippen molar-refractivity contribution in [3.8, 4) is 5.75 Å². The molecule has 4 heteroatoms. The Labute approximate surface area is 129 Å². The van der Waals surface area contributed by atoms with Crippen LogP contribution in [-0.2, 0) is 5.33 Å². The zero-order chi connectivity index (χ0) is 13.7. The number of rotatable bonds is 5. The SMILES string of the molecule is O=C(COc1ccc(Br)cc1)c1ccc(CBr)cc1. The third-order valence-corrected chi connectivity index (χ3v) is 3.79. The average molecular weight is 384 g/mol. The molecule has 0 N–H and O–H groups in total. The Balaban J connectivity index is 1.95. The highest BCUT2D eigenvalue weighted by atomic mass is 79.9. The lowest BCUT2D eigenvalue weighted by Crippen LogP contribution is -2.11. The average Bonchev–Trinajstić information content (AvgIpc) is 2.46. The molecule has 0 aliphatic rings. The summed E-state index contributed by atoms with van der Waals surface area (Å²) in [5.41, 5.74) is 1.81. The first-order chi connectivity index (χ1) is 9.19. The lowest BCUT2D eigenvalue weighted by molar-refractivity contribution is 0.0921. The van der Waals surface area contributed by atoms with Crippen LogP contribution in [0.25, 0.3) is 0 Å². The second-order valence-electron chi connectivity index (χ2n) is 4.00. The Bertz CT molecular complexity index is 547. The quantitative estimate of drug-likeness (QED) is 0.556. The number of carbonyl (C=O) groups is 1. The molecule has 0 atom stereocenters. The van der Waals surface area contributed by atoms with E-state index >= 15 is 0 Å². The molecule has 0 fully saturated rings. The van der Waals surface area contributed by atoms with Crippen LogP contribution in [0.1, 0.15) is 15.9 Å². The van der Waals surface area contributed by atoms with Crippen molar-refractivity contribution in [2.75, 3.05) is 6.61 Å².